The number of hydrogen-bond donors (Lipinski definition) is 1. The highest BCUT2D eigenvalue weighted by molar-refractivity contribution is 5.82. The van der Waals surface area contributed by atoms with Crippen molar-refractivity contribution in [3.63, 3.8) is 0 Å². The van der Waals surface area contributed by atoms with Crippen LogP contribution in [-0.4, -0.2) is 11.6 Å². The maximum atomic E-state index is 13.8. The first kappa shape index (κ1) is 12.1. The molecule has 0 aliphatic rings. The third-order valence-electron chi connectivity index (χ3n) is 3.25. The van der Waals surface area contributed by atoms with E-state index in [1.165, 1.54) is 6.07 Å². The third-order valence-corrected chi connectivity index (χ3v) is 3.25. The molecule has 1 heterocycles. The average Bonchev–Trinajstić information content (AvgIpc) is 2.68. The van der Waals surface area contributed by atoms with Crippen LogP contribution in [0.25, 0.3) is 10.9 Å². The number of aromatic nitrogens is 1. The van der Waals surface area contributed by atoms with Crippen molar-refractivity contribution in [2.24, 2.45) is 0 Å². The van der Waals surface area contributed by atoms with E-state index in [2.05, 4.69) is 30.7 Å². The van der Waals surface area contributed by atoms with E-state index in [0.29, 0.717) is 11.4 Å². The minimum atomic E-state index is -0.147. The van der Waals surface area contributed by atoms with Gasteiger partial charge in [-0.15, -0.1) is 0 Å². The fourth-order valence-electron chi connectivity index (χ4n) is 2.29. The summed E-state index contributed by atoms with van der Waals surface area (Å²) in [5, 5.41) is 3.92. The lowest BCUT2D eigenvalue weighted by Gasteiger charge is -2.18. The van der Waals surface area contributed by atoms with Crippen LogP contribution >= 0.6 is 0 Å². The van der Waals surface area contributed by atoms with Gasteiger partial charge in [0.15, 0.2) is 0 Å². The predicted molar refractivity (Wildman–Crippen MR) is 69.8 cm³/mol. The van der Waals surface area contributed by atoms with Crippen molar-refractivity contribution in [2.75, 3.05) is 7.05 Å². The standard InChI is InChI=1S/C14H19FN2/c1-9(2)17-13-7-5-6-12(15)11(13)8-14(17)10(3)16-4/h5-10,16H,1-4H3. The summed E-state index contributed by atoms with van der Waals surface area (Å²) >= 11 is 0. The molecule has 1 aromatic carbocycles. The molecule has 0 amide bonds. The molecule has 1 unspecified atom stereocenters. The number of nitrogens with zero attached hydrogens (tertiary/aromatic N) is 1. The van der Waals surface area contributed by atoms with E-state index in [4.69, 9.17) is 0 Å². The summed E-state index contributed by atoms with van der Waals surface area (Å²) in [6.07, 6.45) is 0. The van der Waals surface area contributed by atoms with Crippen molar-refractivity contribution < 1.29 is 4.39 Å². The van der Waals surface area contributed by atoms with Gasteiger partial charge in [-0.3, -0.25) is 0 Å². The van der Waals surface area contributed by atoms with Crippen LogP contribution in [0.15, 0.2) is 24.3 Å². The van der Waals surface area contributed by atoms with Gasteiger partial charge in [0.25, 0.3) is 0 Å². The Hall–Kier alpha value is -1.35. The van der Waals surface area contributed by atoms with Crippen molar-refractivity contribution in [3.8, 4) is 0 Å². The molecule has 1 atom stereocenters. The minimum absolute atomic E-state index is 0.147. The highest BCUT2D eigenvalue weighted by Gasteiger charge is 2.16. The molecule has 0 aliphatic carbocycles. The van der Waals surface area contributed by atoms with Gasteiger partial charge in [0.1, 0.15) is 5.82 Å². The summed E-state index contributed by atoms with van der Waals surface area (Å²) in [6.45, 7) is 6.33. The van der Waals surface area contributed by atoms with Crippen LogP contribution in [0.3, 0.4) is 0 Å². The fourth-order valence-corrected chi connectivity index (χ4v) is 2.29. The molecule has 2 aromatic rings. The molecule has 17 heavy (non-hydrogen) atoms. The minimum Gasteiger partial charge on any atom is -0.340 e. The van der Waals surface area contributed by atoms with Crippen LogP contribution in [-0.2, 0) is 0 Å². The van der Waals surface area contributed by atoms with E-state index in [1.807, 2.05) is 19.2 Å². The number of nitrogens with one attached hydrogen (secondary N) is 1. The summed E-state index contributed by atoms with van der Waals surface area (Å²) in [4.78, 5) is 0. The maximum Gasteiger partial charge on any atom is 0.132 e. The Morgan fingerprint density at radius 2 is 1.94 bits per heavy atom. The van der Waals surface area contributed by atoms with Gasteiger partial charge in [-0.1, -0.05) is 6.07 Å². The Morgan fingerprint density at radius 3 is 2.53 bits per heavy atom. The summed E-state index contributed by atoms with van der Waals surface area (Å²) < 4.78 is 16.0. The van der Waals surface area contributed by atoms with Gasteiger partial charge >= 0.3 is 0 Å². The Balaban J connectivity index is 2.75. The lowest BCUT2D eigenvalue weighted by molar-refractivity contribution is 0.535. The smallest absolute Gasteiger partial charge is 0.132 e. The Kier molecular flexibility index (Phi) is 3.20. The molecule has 2 nitrogen and oxygen atoms in total. The average molecular weight is 234 g/mol. The molecule has 1 N–H and O–H groups in total. The van der Waals surface area contributed by atoms with E-state index < -0.39 is 0 Å². The van der Waals surface area contributed by atoms with Crippen LogP contribution in [0.5, 0.6) is 0 Å². The molecule has 0 saturated heterocycles. The number of halogens is 1. The Bertz CT molecular complexity index is 528. The third kappa shape index (κ3) is 1.95. The first-order valence-electron chi connectivity index (χ1n) is 6.03. The Labute approximate surface area is 101 Å². The summed E-state index contributed by atoms with van der Waals surface area (Å²) in [5.41, 5.74) is 2.10. The molecule has 1 aromatic heterocycles. The quantitative estimate of drug-likeness (QED) is 0.858. The van der Waals surface area contributed by atoms with E-state index >= 15 is 0 Å². The molecule has 3 heteroatoms. The molecule has 2 rings (SSSR count). The van der Waals surface area contributed by atoms with E-state index in [-0.39, 0.29) is 11.9 Å². The molecule has 0 radical (unpaired) electrons. The SMILES string of the molecule is CNC(C)c1cc2c(F)cccc2n1C(C)C. The summed E-state index contributed by atoms with van der Waals surface area (Å²) in [7, 11) is 1.92. The zero-order valence-electron chi connectivity index (χ0n) is 10.8. The number of hydrogen-bond acceptors (Lipinski definition) is 1. The highest BCUT2D eigenvalue weighted by atomic mass is 19.1. The zero-order chi connectivity index (χ0) is 12.6. The van der Waals surface area contributed by atoms with Crippen molar-refractivity contribution >= 4 is 10.9 Å². The van der Waals surface area contributed by atoms with Gasteiger partial charge in [0.2, 0.25) is 0 Å². The van der Waals surface area contributed by atoms with Crippen LogP contribution in [0, 0.1) is 5.82 Å². The highest BCUT2D eigenvalue weighted by Crippen LogP contribution is 2.29. The Morgan fingerprint density at radius 1 is 1.24 bits per heavy atom. The van der Waals surface area contributed by atoms with Crippen molar-refractivity contribution in [2.45, 2.75) is 32.9 Å². The first-order chi connectivity index (χ1) is 8.06. The molecule has 92 valence electrons. The number of rotatable bonds is 3. The molecule has 0 fully saturated rings. The second kappa shape index (κ2) is 4.49. The van der Waals surface area contributed by atoms with Gasteiger partial charge < -0.3 is 9.88 Å². The maximum absolute atomic E-state index is 13.8. The van der Waals surface area contributed by atoms with Crippen molar-refractivity contribution in [1.82, 2.24) is 9.88 Å². The number of benzene rings is 1. The largest absolute Gasteiger partial charge is 0.340 e. The van der Waals surface area contributed by atoms with E-state index in [0.717, 1.165) is 11.2 Å². The number of fused-ring (bicyclic) bond motifs is 1. The second-order valence-corrected chi connectivity index (χ2v) is 4.72. The molecule has 0 aliphatic heterocycles. The van der Waals surface area contributed by atoms with Crippen LogP contribution < -0.4 is 5.32 Å². The molecular weight excluding hydrogens is 215 g/mol. The molecule has 0 spiro atoms. The molecule has 0 bridgehead atoms. The lowest BCUT2D eigenvalue weighted by Crippen LogP contribution is -2.17. The van der Waals surface area contributed by atoms with Gasteiger partial charge in [0, 0.05) is 23.2 Å². The van der Waals surface area contributed by atoms with Crippen LogP contribution in [0.4, 0.5) is 4.39 Å². The van der Waals surface area contributed by atoms with E-state index in [9.17, 15) is 4.39 Å². The van der Waals surface area contributed by atoms with Crippen LogP contribution in [0.2, 0.25) is 0 Å². The zero-order valence-corrected chi connectivity index (χ0v) is 10.8. The van der Waals surface area contributed by atoms with Crippen LogP contribution in [0.1, 0.15) is 38.5 Å². The van der Waals surface area contributed by atoms with Gasteiger partial charge in [-0.25, -0.2) is 4.39 Å². The van der Waals surface area contributed by atoms with E-state index in [1.54, 1.807) is 6.07 Å². The first-order valence-corrected chi connectivity index (χ1v) is 6.03. The topological polar surface area (TPSA) is 17.0 Å². The summed E-state index contributed by atoms with van der Waals surface area (Å²) in [6, 6.07) is 7.74. The van der Waals surface area contributed by atoms with Gasteiger partial charge in [-0.2, -0.15) is 0 Å². The lowest BCUT2D eigenvalue weighted by atomic mass is 10.2. The fraction of sp³-hybridized carbons (Fsp3) is 0.429. The van der Waals surface area contributed by atoms with Crippen molar-refractivity contribution in [3.05, 3.63) is 35.8 Å². The second-order valence-electron chi connectivity index (χ2n) is 4.72. The van der Waals surface area contributed by atoms with Crippen molar-refractivity contribution in [1.29, 1.82) is 0 Å². The van der Waals surface area contributed by atoms with Gasteiger partial charge in [0.05, 0.1) is 5.52 Å². The van der Waals surface area contributed by atoms with Gasteiger partial charge in [-0.05, 0) is 46.0 Å². The molecular formula is C14H19FN2. The normalized spacial score (nSPS) is 13.5. The summed E-state index contributed by atoms with van der Waals surface area (Å²) in [5.74, 6) is -0.147. The molecule has 0 saturated carbocycles. The predicted octanol–water partition coefficient (Wildman–Crippen LogP) is 3.64. The monoisotopic (exact) mass is 234 g/mol.